The quantitative estimate of drug-likeness (QED) is 0.705. The summed E-state index contributed by atoms with van der Waals surface area (Å²) in [4.78, 5) is 17.7. The molecular formula is C9H7Cl2N5O4S. The molecule has 21 heavy (non-hydrogen) atoms. The maximum absolute atomic E-state index is 12.3. The van der Waals surface area contributed by atoms with Crippen LogP contribution in [0.15, 0.2) is 11.2 Å². The first-order valence-electron chi connectivity index (χ1n) is 5.21. The number of nitrogens with zero attached hydrogens (tertiary/aromatic N) is 3. The van der Waals surface area contributed by atoms with Crippen molar-refractivity contribution in [2.24, 2.45) is 0 Å². The Kier molecular flexibility index (Phi) is 4.03. The highest BCUT2D eigenvalue weighted by Gasteiger charge is 2.29. The zero-order valence-electron chi connectivity index (χ0n) is 10.3. The number of nitrogens with one attached hydrogen (secondary N) is 2. The standard InChI is InChI=1S/C9H7Cl2N5O4S/c1-3-6(4(9(17)18)15-14-3)21(19,20)16-5-7(10)12-2-13-8(5)11/h2,16H,1H3,(H,14,15)(H,17,18). The molecule has 0 atom stereocenters. The van der Waals surface area contributed by atoms with Crippen LogP contribution in [-0.2, 0) is 10.0 Å². The predicted molar refractivity (Wildman–Crippen MR) is 73.1 cm³/mol. The molecule has 3 N–H and O–H groups in total. The Morgan fingerprint density at radius 2 is 1.90 bits per heavy atom. The van der Waals surface area contributed by atoms with Gasteiger partial charge in [0.2, 0.25) is 0 Å². The molecule has 0 amide bonds. The Morgan fingerprint density at radius 1 is 1.33 bits per heavy atom. The van der Waals surface area contributed by atoms with Crippen molar-refractivity contribution in [3.05, 3.63) is 28.0 Å². The molecule has 2 heterocycles. The minimum Gasteiger partial charge on any atom is -0.476 e. The third-order valence-corrected chi connectivity index (χ3v) is 4.44. The molecule has 0 aliphatic carbocycles. The van der Waals surface area contributed by atoms with Crippen molar-refractivity contribution in [2.75, 3.05) is 4.72 Å². The number of anilines is 1. The van der Waals surface area contributed by atoms with Crippen molar-refractivity contribution in [3.8, 4) is 0 Å². The first-order chi connectivity index (χ1) is 9.74. The van der Waals surface area contributed by atoms with Gasteiger partial charge in [0.05, 0.1) is 5.69 Å². The molecule has 0 fully saturated rings. The smallest absolute Gasteiger partial charge is 0.357 e. The zero-order valence-corrected chi connectivity index (χ0v) is 12.6. The molecule has 2 aromatic rings. The Labute approximate surface area is 128 Å². The summed E-state index contributed by atoms with van der Waals surface area (Å²) in [5.74, 6) is -1.50. The van der Waals surface area contributed by atoms with Crippen molar-refractivity contribution in [3.63, 3.8) is 0 Å². The van der Waals surface area contributed by atoms with E-state index in [9.17, 15) is 13.2 Å². The lowest BCUT2D eigenvalue weighted by Gasteiger charge is -2.09. The second-order valence-electron chi connectivity index (χ2n) is 3.77. The van der Waals surface area contributed by atoms with Crippen LogP contribution in [0, 0.1) is 6.92 Å². The number of aromatic amines is 1. The van der Waals surface area contributed by atoms with Gasteiger partial charge >= 0.3 is 5.97 Å². The van der Waals surface area contributed by atoms with E-state index in [1.807, 2.05) is 0 Å². The van der Waals surface area contributed by atoms with E-state index in [0.717, 1.165) is 6.33 Å². The van der Waals surface area contributed by atoms with E-state index in [1.165, 1.54) is 6.92 Å². The van der Waals surface area contributed by atoms with Gasteiger partial charge < -0.3 is 5.11 Å². The van der Waals surface area contributed by atoms with E-state index in [2.05, 4.69) is 24.9 Å². The molecule has 2 rings (SSSR count). The largest absolute Gasteiger partial charge is 0.476 e. The van der Waals surface area contributed by atoms with E-state index in [-0.39, 0.29) is 21.7 Å². The monoisotopic (exact) mass is 351 g/mol. The van der Waals surface area contributed by atoms with Crippen LogP contribution in [0.25, 0.3) is 0 Å². The highest BCUT2D eigenvalue weighted by Crippen LogP contribution is 2.29. The SMILES string of the molecule is Cc1[nH]nc(C(=O)O)c1S(=O)(=O)Nc1c(Cl)ncnc1Cl. The van der Waals surface area contributed by atoms with Crippen LogP contribution in [0.5, 0.6) is 0 Å². The zero-order chi connectivity index (χ0) is 15.8. The van der Waals surface area contributed by atoms with Crippen molar-refractivity contribution >= 4 is 44.9 Å². The summed E-state index contributed by atoms with van der Waals surface area (Å²) in [6.07, 6.45) is 1.05. The number of aromatic nitrogens is 4. The van der Waals surface area contributed by atoms with Gasteiger partial charge in [-0.2, -0.15) is 5.10 Å². The van der Waals surface area contributed by atoms with Gasteiger partial charge in [0.15, 0.2) is 16.0 Å². The second-order valence-corrected chi connectivity index (χ2v) is 6.10. The average Bonchev–Trinajstić information content (AvgIpc) is 2.77. The third-order valence-electron chi connectivity index (χ3n) is 2.35. The van der Waals surface area contributed by atoms with Crippen LogP contribution in [0.2, 0.25) is 10.3 Å². The lowest BCUT2D eigenvalue weighted by atomic mass is 10.4. The fraction of sp³-hybridized carbons (Fsp3) is 0.111. The Balaban J connectivity index is 2.54. The summed E-state index contributed by atoms with van der Waals surface area (Å²) in [6.45, 7) is 1.36. The molecule has 0 aliphatic heterocycles. The highest BCUT2D eigenvalue weighted by molar-refractivity contribution is 7.92. The second kappa shape index (κ2) is 5.47. The summed E-state index contributed by atoms with van der Waals surface area (Å²) in [5, 5.41) is 14.2. The molecule has 112 valence electrons. The summed E-state index contributed by atoms with van der Waals surface area (Å²) in [7, 11) is -4.29. The predicted octanol–water partition coefficient (Wildman–Crippen LogP) is 1.31. The molecule has 0 spiro atoms. The Hall–Kier alpha value is -1.91. The van der Waals surface area contributed by atoms with Crippen LogP contribution in [0.4, 0.5) is 5.69 Å². The molecule has 0 aromatic carbocycles. The lowest BCUT2D eigenvalue weighted by Crippen LogP contribution is -2.18. The molecule has 0 aliphatic rings. The number of hydrogen-bond donors (Lipinski definition) is 3. The topological polar surface area (TPSA) is 138 Å². The highest BCUT2D eigenvalue weighted by atomic mass is 35.5. The van der Waals surface area contributed by atoms with E-state index in [4.69, 9.17) is 28.3 Å². The number of carbonyl (C=O) groups is 1. The van der Waals surface area contributed by atoms with Gasteiger partial charge in [0, 0.05) is 0 Å². The number of sulfonamides is 1. The van der Waals surface area contributed by atoms with Gasteiger partial charge in [-0.3, -0.25) is 9.82 Å². The summed E-state index contributed by atoms with van der Waals surface area (Å²) in [6, 6.07) is 0. The normalized spacial score (nSPS) is 11.4. The van der Waals surface area contributed by atoms with E-state index < -0.39 is 26.6 Å². The van der Waals surface area contributed by atoms with Crippen LogP contribution < -0.4 is 4.72 Å². The van der Waals surface area contributed by atoms with Crippen molar-refractivity contribution in [1.29, 1.82) is 0 Å². The first-order valence-corrected chi connectivity index (χ1v) is 7.45. The molecule has 0 bridgehead atoms. The number of halogens is 2. The third kappa shape index (κ3) is 2.91. The molecule has 12 heteroatoms. The molecular weight excluding hydrogens is 345 g/mol. The van der Waals surface area contributed by atoms with E-state index >= 15 is 0 Å². The number of carboxylic acid groups (broad SMARTS) is 1. The van der Waals surface area contributed by atoms with Crippen molar-refractivity contribution in [1.82, 2.24) is 20.2 Å². The van der Waals surface area contributed by atoms with Crippen LogP contribution in [0.1, 0.15) is 16.2 Å². The molecule has 0 saturated carbocycles. The minimum absolute atomic E-state index is 0.0454. The summed E-state index contributed by atoms with van der Waals surface area (Å²) >= 11 is 11.5. The number of aromatic carboxylic acids is 1. The number of aryl methyl sites for hydroxylation is 1. The van der Waals surface area contributed by atoms with Crippen LogP contribution in [-0.4, -0.2) is 39.7 Å². The van der Waals surface area contributed by atoms with Gasteiger partial charge in [-0.05, 0) is 6.92 Å². The van der Waals surface area contributed by atoms with Crippen LogP contribution in [0.3, 0.4) is 0 Å². The van der Waals surface area contributed by atoms with Gasteiger partial charge in [0.25, 0.3) is 10.0 Å². The number of hydrogen-bond acceptors (Lipinski definition) is 6. The van der Waals surface area contributed by atoms with Crippen molar-refractivity contribution < 1.29 is 18.3 Å². The fourth-order valence-electron chi connectivity index (χ4n) is 1.51. The lowest BCUT2D eigenvalue weighted by molar-refractivity contribution is 0.0686. The number of H-pyrrole nitrogens is 1. The summed E-state index contributed by atoms with van der Waals surface area (Å²) < 4.78 is 26.7. The van der Waals surface area contributed by atoms with E-state index in [0.29, 0.717) is 0 Å². The van der Waals surface area contributed by atoms with Gasteiger partial charge in [-0.1, -0.05) is 23.2 Å². The number of rotatable bonds is 4. The minimum atomic E-state index is -4.29. The molecule has 0 radical (unpaired) electrons. The number of carboxylic acids is 1. The van der Waals surface area contributed by atoms with Gasteiger partial charge in [-0.25, -0.2) is 23.2 Å². The van der Waals surface area contributed by atoms with E-state index in [1.54, 1.807) is 0 Å². The Bertz CT molecular complexity index is 799. The molecule has 0 unspecified atom stereocenters. The van der Waals surface area contributed by atoms with Crippen LogP contribution >= 0.6 is 23.2 Å². The van der Waals surface area contributed by atoms with Gasteiger partial charge in [0.1, 0.15) is 16.9 Å². The van der Waals surface area contributed by atoms with Crippen molar-refractivity contribution in [2.45, 2.75) is 11.8 Å². The summed E-state index contributed by atoms with van der Waals surface area (Å²) in [5.41, 5.74) is -0.856. The van der Waals surface area contributed by atoms with Gasteiger partial charge in [-0.15, -0.1) is 0 Å². The fourth-order valence-corrected chi connectivity index (χ4v) is 3.43. The maximum atomic E-state index is 12.3. The average molecular weight is 352 g/mol. The molecule has 0 saturated heterocycles. The Morgan fingerprint density at radius 3 is 2.43 bits per heavy atom. The maximum Gasteiger partial charge on any atom is 0.357 e. The first kappa shape index (κ1) is 15.5. The molecule has 9 nitrogen and oxygen atoms in total. The molecule has 2 aromatic heterocycles.